The summed E-state index contributed by atoms with van der Waals surface area (Å²) in [6.07, 6.45) is 0. The fourth-order valence-electron chi connectivity index (χ4n) is 2.29. The van der Waals surface area contributed by atoms with Crippen molar-refractivity contribution in [2.24, 2.45) is 0 Å². The third-order valence-electron chi connectivity index (χ3n) is 3.56. The first kappa shape index (κ1) is 19.4. The van der Waals surface area contributed by atoms with Crippen LogP contribution in [0.25, 0.3) is 0 Å². The molecule has 0 spiro atoms. The number of carbonyl (C=O) groups excluding carboxylic acids is 1. The molecule has 1 amide bonds. The molecule has 2 aromatic rings. The third kappa shape index (κ3) is 4.78. The monoisotopic (exact) mass is 384 g/mol. The number of amides is 1. The van der Waals surface area contributed by atoms with E-state index in [-0.39, 0.29) is 10.5 Å². The van der Waals surface area contributed by atoms with E-state index in [2.05, 4.69) is 10.0 Å². The molecule has 2 N–H and O–H groups in total. The molecular formula is C17H18ClFN2O3S. The predicted octanol–water partition coefficient (Wildman–Crippen LogP) is 3.32. The molecule has 0 unspecified atom stereocenters. The average molecular weight is 385 g/mol. The number of hydrogen-bond donors (Lipinski definition) is 2. The van der Waals surface area contributed by atoms with Gasteiger partial charge in [0.15, 0.2) is 0 Å². The zero-order chi connectivity index (χ0) is 18.8. The van der Waals surface area contributed by atoms with Gasteiger partial charge in [-0.25, -0.2) is 17.5 Å². The highest BCUT2D eigenvalue weighted by Gasteiger charge is 2.17. The van der Waals surface area contributed by atoms with Gasteiger partial charge >= 0.3 is 0 Å². The maximum atomic E-state index is 13.3. The van der Waals surface area contributed by atoms with Crippen LogP contribution in [-0.4, -0.2) is 20.9 Å². The molecule has 8 heteroatoms. The number of halogens is 2. The van der Waals surface area contributed by atoms with Crippen molar-refractivity contribution in [2.45, 2.75) is 25.7 Å². The summed E-state index contributed by atoms with van der Waals surface area (Å²) < 4.78 is 39.8. The maximum absolute atomic E-state index is 13.3. The van der Waals surface area contributed by atoms with Crippen molar-refractivity contribution in [2.75, 3.05) is 11.9 Å². The summed E-state index contributed by atoms with van der Waals surface area (Å²) in [6.45, 7) is 4.66. The molecule has 0 saturated heterocycles. The zero-order valence-corrected chi connectivity index (χ0v) is 15.6. The zero-order valence-electron chi connectivity index (χ0n) is 14.0. The minimum Gasteiger partial charge on any atom is -0.323 e. The number of sulfonamides is 1. The summed E-state index contributed by atoms with van der Waals surface area (Å²) in [5.41, 5.74) is 2.37. The quantitative estimate of drug-likeness (QED) is 0.830. The van der Waals surface area contributed by atoms with Gasteiger partial charge in [-0.2, -0.15) is 0 Å². The van der Waals surface area contributed by atoms with Crippen LogP contribution in [0.5, 0.6) is 0 Å². The fraction of sp³-hybridized carbons (Fsp3) is 0.235. The first-order valence-electron chi connectivity index (χ1n) is 7.42. The first-order chi connectivity index (χ1) is 11.6. The van der Waals surface area contributed by atoms with E-state index in [1.807, 2.05) is 13.0 Å². The van der Waals surface area contributed by atoms with Gasteiger partial charge in [0.05, 0.1) is 22.2 Å². The molecule has 0 aliphatic heterocycles. The summed E-state index contributed by atoms with van der Waals surface area (Å²) in [4.78, 5) is 11.9. The van der Waals surface area contributed by atoms with Crippen LogP contribution in [0.2, 0.25) is 5.02 Å². The van der Waals surface area contributed by atoms with Crippen LogP contribution in [0, 0.1) is 26.6 Å². The van der Waals surface area contributed by atoms with Crippen molar-refractivity contribution in [1.82, 2.24) is 4.72 Å². The molecule has 25 heavy (non-hydrogen) atoms. The Labute approximate surface area is 151 Å². The lowest BCUT2D eigenvalue weighted by atomic mass is 10.1. The highest BCUT2D eigenvalue weighted by atomic mass is 35.5. The van der Waals surface area contributed by atoms with E-state index in [1.54, 1.807) is 13.0 Å². The Bertz CT molecular complexity index is 906. The molecule has 0 saturated carbocycles. The highest BCUT2D eigenvalue weighted by molar-refractivity contribution is 7.89. The van der Waals surface area contributed by atoms with Crippen LogP contribution in [0.15, 0.2) is 35.2 Å². The van der Waals surface area contributed by atoms with Gasteiger partial charge in [-0.05, 0) is 61.7 Å². The van der Waals surface area contributed by atoms with Crippen LogP contribution >= 0.6 is 11.6 Å². The standard InChI is InChI=1S/C17H18ClFN2O3S/c1-10-6-12(3)17(14(18)7-10)21-16(22)9-20-25(23,24)13-4-5-15(19)11(2)8-13/h4-8,20H,9H2,1-3H3,(H,21,22). The Morgan fingerprint density at radius 3 is 2.40 bits per heavy atom. The van der Waals surface area contributed by atoms with E-state index >= 15 is 0 Å². The van der Waals surface area contributed by atoms with Crippen molar-refractivity contribution in [1.29, 1.82) is 0 Å². The minimum absolute atomic E-state index is 0.108. The summed E-state index contributed by atoms with van der Waals surface area (Å²) >= 11 is 6.11. The van der Waals surface area contributed by atoms with Crippen molar-refractivity contribution in [3.63, 3.8) is 0 Å². The van der Waals surface area contributed by atoms with E-state index in [0.29, 0.717) is 10.7 Å². The van der Waals surface area contributed by atoms with E-state index in [1.165, 1.54) is 13.0 Å². The molecule has 134 valence electrons. The largest absolute Gasteiger partial charge is 0.323 e. The van der Waals surface area contributed by atoms with Gasteiger partial charge in [0, 0.05) is 0 Å². The second kappa shape index (κ2) is 7.51. The second-order valence-corrected chi connectivity index (χ2v) is 7.90. The van der Waals surface area contributed by atoms with Gasteiger partial charge < -0.3 is 5.32 Å². The molecule has 0 fully saturated rings. The Hall–Kier alpha value is -1.96. The number of carbonyl (C=O) groups is 1. The average Bonchev–Trinajstić information content (AvgIpc) is 2.51. The molecule has 0 heterocycles. The Balaban J connectivity index is 2.08. The van der Waals surface area contributed by atoms with Crippen molar-refractivity contribution >= 4 is 33.2 Å². The van der Waals surface area contributed by atoms with Gasteiger partial charge in [0.25, 0.3) is 0 Å². The molecule has 2 rings (SSSR count). The van der Waals surface area contributed by atoms with Crippen molar-refractivity contribution in [3.05, 3.63) is 57.9 Å². The Morgan fingerprint density at radius 1 is 1.12 bits per heavy atom. The van der Waals surface area contributed by atoms with Gasteiger partial charge in [-0.1, -0.05) is 17.7 Å². The number of aryl methyl sites for hydroxylation is 3. The molecule has 0 radical (unpaired) electrons. The summed E-state index contributed by atoms with van der Waals surface area (Å²) in [5, 5.41) is 2.97. The maximum Gasteiger partial charge on any atom is 0.241 e. The fourth-order valence-corrected chi connectivity index (χ4v) is 3.72. The lowest BCUT2D eigenvalue weighted by Crippen LogP contribution is -2.33. The SMILES string of the molecule is Cc1cc(C)c(NC(=O)CNS(=O)(=O)c2ccc(F)c(C)c2)c(Cl)c1. The molecule has 0 aliphatic carbocycles. The van der Waals surface area contributed by atoms with Gasteiger partial charge in [-0.15, -0.1) is 0 Å². The molecule has 0 bridgehead atoms. The van der Waals surface area contributed by atoms with Crippen LogP contribution < -0.4 is 10.0 Å². The predicted molar refractivity (Wildman–Crippen MR) is 95.9 cm³/mol. The van der Waals surface area contributed by atoms with Gasteiger partial charge in [-0.3, -0.25) is 4.79 Å². The molecule has 0 atom stereocenters. The lowest BCUT2D eigenvalue weighted by Gasteiger charge is -2.12. The van der Waals surface area contributed by atoms with Gasteiger partial charge in [0.1, 0.15) is 5.82 Å². The van der Waals surface area contributed by atoms with Crippen LogP contribution in [0.3, 0.4) is 0 Å². The minimum atomic E-state index is -3.92. The topological polar surface area (TPSA) is 75.3 Å². The second-order valence-electron chi connectivity index (χ2n) is 5.72. The Kier molecular flexibility index (Phi) is 5.82. The first-order valence-corrected chi connectivity index (χ1v) is 9.28. The van der Waals surface area contributed by atoms with E-state index in [9.17, 15) is 17.6 Å². The smallest absolute Gasteiger partial charge is 0.241 e. The summed E-state index contributed by atoms with van der Waals surface area (Å²) in [5.74, 6) is -1.06. The number of benzene rings is 2. The summed E-state index contributed by atoms with van der Waals surface area (Å²) in [6, 6.07) is 6.97. The van der Waals surface area contributed by atoms with E-state index in [4.69, 9.17) is 11.6 Å². The van der Waals surface area contributed by atoms with E-state index < -0.39 is 28.3 Å². The van der Waals surface area contributed by atoms with Crippen LogP contribution in [-0.2, 0) is 14.8 Å². The lowest BCUT2D eigenvalue weighted by molar-refractivity contribution is -0.115. The number of hydrogen-bond acceptors (Lipinski definition) is 3. The van der Waals surface area contributed by atoms with Crippen LogP contribution in [0.4, 0.5) is 10.1 Å². The van der Waals surface area contributed by atoms with Crippen molar-refractivity contribution in [3.8, 4) is 0 Å². The molecule has 5 nitrogen and oxygen atoms in total. The molecule has 0 aromatic heterocycles. The Morgan fingerprint density at radius 2 is 1.80 bits per heavy atom. The number of rotatable bonds is 5. The normalized spacial score (nSPS) is 11.4. The van der Waals surface area contributed by atoms with E-state index in [0.717, 1.165) is 23.3 Å². The molecule has 2 aromatic carbocycles. The van der Waals surface area contributed by atoms with Crippen LogP contribution in [0.1, 0.15) is 16.7 Å². The third-order valence-corrected chi connectivity index (χ3v) is 5.26. The molecular weight excluding hydrogens is 367 g/mol. The van der Waals surface area contributed by atoms with Crippen molar-refractivity contribution < 1.29 is 17.6 Å². The van der Waals surface area contributed by atoms with Gasteiger partial charge in [0.2, 0.25) is 15.9 Å². The number of nitrogens with one attached hydrogen (secondary N) is 2. The highest BCUT2D eigenvalue weighted by Crippen LogP contribution is 2.27. The summed E-state index contributed by atoms with van der Waals surface area (Å²) in [7, 11) is -3.92. The number of anilines is 1. The molecule has 0 aliphatic rings.